The van der Waals surface area contributed by atoms with Crippen molar-refractivity contribution in [3.63, 3.8) is 0 Å². The summed E-state index contributed by atoms with van der Waals surface area (Å²) in [6.45, 7) is 1.84. The number of imide groups is 2. The molecule has 2 fully saturated rings. The molecule has 3 aliphatic heterocycles. The summed E-state index contributed by atoms with van der Waals surface area (Å²) in [5.41, 5.74) is 1.47. The van der Waals surface area contributed by atoms with Gasteiger partial charge < -0.3 is 10.2 Å². The van der Waals surface area contributed by atoms with Crippen LogP contribution in [0.3, 0.4) is 0 Å². The number of rotatable bonds is 4. The number of hydrogen-bond acceptors (Lipinski definition) is 6. The zero-order chi connectivity index (χ0) is 19.1. The fourth-order valence-corrected chi connectivity index (χ4v) is 4.04. The van der Waals surface area contributed by atoms with Crippen molar-refractivity contribution in [3.05, 3.63) is 29.3 Å². The number of fused-ring (bicyclic) bond motifs is 1. The second-order valence-corrected chi connectivity index (χ2v) is 7.35. The topological polar surface area (TPSA) is 98.8 Å². The Morgan fingerprint density at radius 3 is 2.54 bits per heavy atom. The van der Waals surface area contributed by atoms with Gasteiger partial charge in [0, 0.05) is 31.7 Å². The molecule has 150 valence electrons. The lowest BCUT2D eigenvalue weighted by atomic mass is 10.0. The number of nitrogens with zero attached hydrogens (tertiary/aromatic N) is 2. The quantitative estimate of drug-likeness (QED) is 0.714. The first-order chi connectivity index (χ1) is 13.0. The maximum Gasteiger partial charge on any atom is 0.262 e. The minimum Gasteiger partial charge on any atom is -0.373 e. The van der Waals surface area contributed by atoms with Gasteiger partial charge in [-0.15, -0.1) is 12.4 Å². The van der Waals surface area contributed by atoms with Crippen molar-refractivity contribution in [2.75, 3.05) is 25.0 Å². The zero-order valence-corrected chi connectivity index (χ0v) is 16.4. The lowest BCUT2D eigenvalue weighted by Crippen LogP contribution is -2.54. The van der Waals surface area contributed by atoms with E-state index < -0.39 is 23.8 Å². The van der Waals surface area contributed by atoms with Crippen LogP contribution in [0, 0.1) is 0 Å². The lowest BCUT2D eigenvalue weighted by Gasteiger charge is -2.27. The molecule has 2 atom stereocenters. The summed E-state index contributed by atoms with van der Waals surface area (Å²) in [4.78, 5) is 52.1. The highest BCUT2D eigenvalue weighted by Gasteiger charge is 2.44. The van der Waals surface area contributed by atoms with Crippen molar-refractivity contribution >= 4 is 41.7 Å². The summed E-state index contributed by atoms with van der Waals surface area (Å²) in [6.07, 6.45) is 2.56. The van der Waals surface area contributed by atoms with Gasteiger partial charge in [-0.25, -0.2) is 0 Å². The van der Waals surface area contributed by atoms with Gasteiger partial charge >= 0.3 is 0 Å². The van der Waals surface area contributed by atoms with Gasteiger partial charge in [0.2, 0.25) is 11.8 Å². The SMILES string of the molecule is CN(C[C@@H]1CCCN1)c1ccc2c(c1)C(=O)N(C1CCC(=O)NC1=O)C2=O.Cl. The molecule has 4 rings (SSSR count). The molecule has 1 unspecified atom stereocenters. The largest absolute Gasteiger partial charge is 0.373 e. The number of carbonyl (C=O) groups is 4. The highest BCUT2D eigenvalue weighted by atomic mass is 35.5. The maximum absolute atomic E-state index is 12.9. The number of amides is 4. The van der Waals surface area contributed by atoms with E-state index in [1.165, 1.54) is 0 Å². The Morgan fingerprint density at radius 1 is 1.11 bits per heavy atom. The summed E-state index contributed by atoms with van der Waals surface area (Å²) in [7, 11) is 1.96. The van der Waals surface area contributed by atoms with Crippen molar-refractivity contribution in [1.82, 2.24) is 15.5 Å². The van der Waals surface area contributed by atoms with Gasteiger partial charge in [-0.3, -0.25) is 29.4 Å². The molecule has 0 bridgehead atoms. The number of benzene rings is 1. The van der Waals surface area contributed by atoms with E-state index >= 15 is 0 Å². The third kappa shape index (κ3) is 3.49. The zero-order valence-electron chi connectivity index (χ0n) is 15.6. The standard InChI is InChI=1S/C19H22N4O4.ClH/c1-22(10-11-3-2-8-20-11)12-4-5-13-14(9-12)19(27)23(18(13)26)15-6-7-16(24)21-17(15)25;/h4-5,9,11,15,20H,2-3,6-8,10H2,1H3,(H,21,24,25);1H/t11-,15?;/m0./s1. The van der Waals surface area contributed by atoms with Crippen LogP contribution in [0.5, 0.6) is 0 Å². The summed E-state index contributed by atoms with van der Waals surface area (Å²) in [6, 6.07) is 4.68. The van der Waals surface area contributed by atoms with Gasteiger partial charge in [-0.1, -0.05) is 0 Å². The van der Waals surface area contributed by atoms with Gasteiger partial charge in [-0.2, -0.15) is 0 Å². The van der Waals surface area contributed by atoms with Crippen LogP contribution in [-0.2, 0) is 9.59 Å². The van der Waals surface area contributed by atoms with Crippen LogP contribution < -0.4 is 15.5 Å². The molecule has 0 saturated carbocycles. The number of nitrogens with one attached hydrogen (secondary N) is 2. The van der Waals surface area contributed by atoms with E-state index in [2.05, 4.69) is 15.5 Å². The molecular weight excluding hydrogens is 384 g/mol. The van der Waals surface area contributed by atoms with Gasteiger partial charge in [0.15, 0.2) is 0 Å². The van der Waals surface area contributed by atoms with E-state index in [0.717, 1.165) is 36.5 Å². The Kier molecular flexibility index (Phi) is 5.71. The Morgan fingerprint density at radius 2 is 1.86 bits per heavy atom. The summed E-state index contributed by atoms with van der Waals surface area (Å²) >= 11 is 0. The van der Waals surface area contributed by atoms with Crippen molar-refractivity contribution in [2.24, 2.45) is 0 Å². The molecule has 0 aromatic heterocycles. The van der Waals surface area contributed by atoms with E-state index in [1.54, 1.807) is 12.1 Å². The Balaban J connectivity index is 0.00000225. The summed E-state index contributed by atoms with van der Waals surface area (Å²) in [5, 5.41) is 5.65. The first kappa shape index (κ1) is 20.3. The Hall–Kier alpha value is -2.45. The molecule has 2 N–H and O–H groups in total. The van der Waals surface area contributed by atoms with Gasteiger partial charge in [-0.05, 0) is 44.0 Å². The monoisotopic (exact) mass is 406 g/mol. The van der Waals surface area contributed by atoms with Crippen LogP contribution in [0.15, 0.2) is 18.2 Å². The molecule has 2 saturated heterocycles. The first-order valence-corrected chi connectivity index (χ1v) is 9.26. The molecule has 1 aromatic rings. The second kappa shape index (κ2) is 7.89. The number of carbonyl (C=O) groups excluding carboxylic acids is 4. The van der Waals surface area contributed by atoms with Crippen LogP contribution in [0.1, 0.15) is 46.4 Å². The molecule has 8 nitrogen and oxygen atoms in total. The highest BCUT2D eigenvalue weighted by molar-refractivity contribution is 6.23. The molecular formula is C19H23ClN4O4. The van der Waals surface area contributed by atoms with E-state index in [1.807, 2.05) is 13.1 Å². The predicted molar refractivity (Wildman–Crippen MR) is 105 cm³/mol. The van der Waals surface area contributed by atoms with E-state index in [9.17, 15) is 19.2 Å². The molecule has 4 amide bonds. The van der Waals surface area contributed by atoms with Gasteiger partial charge in [0.25, 0.3) is 11.8 Å². The highest BCUT2D eigenvalue weighted by Crippen LogP contribution is 2.30. The van der Waals surface area contributed by atoms with Crippen LogP contribution in [0.4, 0.5) is 5.69 Å². The Bertz CT molecular complexity index is 837. The van der Waals surface area contributed by atoms with Crippen LogP contribution in [0.2, 0.25) is 0 Å². The average Bonchev–Trinajstić information content (AvgIpc) is 3.23. The number of piperidine rings is 1. The third-order valence-corrected chi connectivity index (χ3v) is 5.52. The van der Waals surface area contributed by atoms with Crippen molar-refractivity contribution in [3.8, 4) is 0 Å². The number of likely N-dealkylation sites (N-methyl/N-ethyl adjacent to an activating group) is 1. The Labute approximate surface area is 169 Å². The molecule has 3 heterocycles. The smallest absolute Gasteiger partial charge is 0.262 e. The summed E-state index contributed by atoms with van der Waals surface area (Å²) < 4.78 is 0. The molecule has 1 aromatic carbocycles. The van der Waals surface area contributed by atoms with Crippen LogP contribution in [-0.4, -0.2) is 60.7 Å². The van der Waals surface area contributed by atoms with E-state index in [-0.39, 0.29) is 31.2 Å². The van der Waals surface area contributed by atoms with Gasteiger partial charge in [0.1, 0.15) is 6.04 Å². The molecule has 0 aliphatic carbocycles. The number of hydrogen-bond donors (Lipinski definition) is 2. The van der Waals surface area contributed by atoms with E-state index in [0.29, 0.717) is 17.2 Å². The lowest BCUT2D eigenvalue weighted by molar-refractivity contribution is -0.136. The molecule has 3 aliphatic rings. The minimum absolute atomic E-state index is 0. The molecule has 9 heteroatoms. The van der Waals surface area contributed by atoms with Crippen molar-refractivity contribution in [1.29, 1.82) is 0 Å². The van der Waals surface area contributed by atoms with E-state index in [4.69, 9.17) is 0 Å². The normalized spacial score (nSPS) is 24.1. The fraction of sp³-hybridized carbons (Fsp3) is 0.474. The maximum atomic E-state index is 12.9. The number of anilines is 1. The minimum atomic E-state index is -0.932. The fourth-order valence-electron chi connectivity index (χ4n) is 4.04. The molecule has 0 spiro atoms. The average molecular weight is 407 g/mol. The van der Waals surface area contributed by atoms with Crippen molar-refractivity contribution < 1.29 is 19.2 Å². The third-order valence-electron chi connectivity index (χ3n) is 5.52. The second-order valence-electron chi connectivity index (χ2n) is 7.35. The molecule has 28 heavy (non-hydrogen) atoms. The predicted octanol–water partition coefficient (Wildman–Crippen LogP) is 0.698. The molecule has 0 radical (unpaired) electrons. The van der Waals surface area contributed by atoms with Crippen LogP contribution >= 0.6 is 12.4 Å². The van der Waals surface area contributed by atoms with Crippen molar-refractivity contribution in [2.45, 2.75) is 37.8 Å². The van der Waals surface area contributed by atoms with Gasteiger partial charge in [0.05, 0.1) is 11.1 Å². The summed E-state index contributed by atoms with van der Waals surface area (Å²) in [5.74, 6) is -1.92. The van der Waals surface area contributed by atoms with Crippen LogP contribution in [0.25, 0.3) is 0 Å². The number of halogens is 1. The first-order valence-electron chi connectivity index (χ1n) is 9.26.